The number of aliphatic hydroxyl groups is 1. The maximum absolute atomic E-state index is 10.7. The van der Waals surface area contributed by atoms with Crippen LogP contribution in [0.5, 0.6) is 0 Å². The van der Waals surface area contributed by atoms with Crippen molar-refractivity contribution in [3.05, 3.63) is 11.6 Å². The van der Waals surface area contributed by atoms with Crippen LogP contribution in [0.1, 0.15) is 26.7 Å². The molecule has 1 saturated heterocycles. The van der Waals surface area contributed by atoms with Gasteiger partial charge in [0.05, 0.1) is 6.10 Å². The lowest BCUT2D eigenvalue weighted by atomic mass is 9.97. The average Bonchev–Trinajstić information content (AvgIpc) is 2.59. The number of nitrogens with one attached hydrogen (secondary N) is 1. The Morgan fingerprint density at radius 2 is 2.35 bits per heavy atom. The quantitative estimate of drug-likeness (QED) is 0.468. The van der Waals surface area contributed by atoms with Gasteiger partial charge in [0.25, 0.3) is 0 Å². The van der Waals surface area contributed by atoms with Gasteiger partial charge in [-0.05, 0) is 13.3 Å². The second-order valence-corrected chi connectivity index (χ2v) is 4.39. The molecular weight excluding hydrogens is 222 g/mol. The van der Waals surface area contributed by atoms with E-state index >= 15 is 0 Å². The summed E-state index contributed by atoms with van der Waals surface area (Å²) in [5.74, 6) is -0.884. The summed E-state index contributed by atoms with van der Waals surface area (Å²) in [5, 5.41) is 22.0. The molecule has 1 fully saturated rings. The summed E-state index contributed by atoms with van der Waals surface area (Å²) in [6.07, 6.45) is 2.58. The highest BCUT2D eigenvalue weighted by atomic mass is 16.5. The molecule has 3 N–H and O–H groups in total. The van der Waals surface area contributed by atoms with Crippen molar-refractivity contribution in [2.75, 3.05) is 19.7 Å². The number of carboxylic acids is 1. The molecule has 0 radical (unpaired) electrons. The molecule has 0 aromatic heterocycles. The molecule has 0 bridgehead atoms. The van der Waals surface area contributed by atoms with E-state index in [1.54, 1.807) is 13.0 Å². The molecule has 1 heterocycles. The minimum Gasteiger partial charge on any atom is -0.478 e. The van der Waals surface area contributed by atoms with Crippen LogP contribution in [-0.2, 0) is 9.53 Å². The van der Waals surface area contributed by atoms with Crippen molar-refractivity contribution in [2.45, 2.75) is 38.4 Å². The molecule has 0 spiro atoms. The van der Waals surface area contributed by atoms with Crippen LogP contribution >= 0.6 is 0 Å². The van der Waals surface area contributed by atoms with Gasteiger partial charge in [-0.25, -0.2) is 4.79 Å². The van der Waals surface area contributed by atoms with Gasteiger partial charge in [0.15, 0.2) is 0 Å². The van der Waals surface area contributed by atoms with E-state index in [0.29, 0.717) is 38.1 Å². The molecular formula is C12H21NO4. The van der Waals surface area contributed by atoms with Crippen molar-refractivity contribution in [3.63, 3.8) is 0 Å². The Hall–Kier alpha value is -0.910. The molecule has 0 saturated carbocycles. The van der Waals surface area contributed by atoms with Crippen LogP contribution in [0.25, 0.3) is 0 Å². The Kier molecular flexibility index (Phi) is 5.11. The SMILES string of the molecule is CCC(=CCNCC1(O)CCOC1C)C(=O)O. The van der Waals surface area contributed by atoms with E-state index in [1.165, 1.54) is 0 Å². The second kappa shape index (κ2) is 6.14. The predicted octanol–water partition coefficient (Wildman–Crippen LogP) is 0.537. The smallest absolute Gasteiger partial charge is 0.331 e. The first-order valence-corrected chi connectivity index (χ1v) is 5.96. The van der Waals surface area contributed by atoms with E-state index in [2.05, 4.69) is 5.32 Å². The molecule has 2 atom stereocenters. The van der Waals surface area contributed by atoms with Crippen LogP contribution in [0.2, 0.25) is 0 Å². The molecule has 0 aliphatic carbocycles. The van der Waals surface area contributed by atoms with E-state index in [-0.39, 0.29) is 6.10 Å². The third-order valence-corrected chi connectivity index (χ3v) is 3.24. The zero-order valence-electron chi connectivity index (χ0n) is 10.4. The Balaban J connectivity index is 2.35. The fourth-order valence-corrected chi connectivity index (χ4v) is 1.87. The summed E-state index contributed by atoms with van der Waals surface area (Å²) >= 11 is 0. The van der Waals surface area contributed by atoms with E-state index < -0.39 is 11.6 Å². The Morgan fingerprint density at radius 1 is 1.65 bits per heavy atom. The Morgan fingerprint density at radius 3 is 2.82 bits per heavy atom. The summed E-state index contributed by atoms with van der Waals surface area (Å²) in [7, 11) is 0. The van der Waals surface area contributed by atoms with Gasteiger partial charge < -0.3 is 20.3 Å². The molecule has 0 aromatic carbocycles. The lowest BCUT2D eigenvalue weighted by Crippen LogP contribution is -2.45. The van der Waals surface area contributed by atoms with Gasteiger partial charge in [0, 0.05) is 31.7 Å². The molecule has 1 aliphatic rings. The van der Waals surface area contributed by atoms with E-state index in [0.717, 1.165) is 0 Å². The first-order valence-electron chi connectivity index (χ1n) is 5.96. The number of hydrogen-bond donors (Lipinski definition) is 3. The maximum Gasteiger partial charge on any atom is 0.331 e. The average molecular weight is 243 g/mol. The number of carbonyl (C=O) groups is 1. The van der Waals surface area contributed by atoms with Crippen LogP contribution in [-0.4, -0.2) is 47.6 Å². The highest BCUT2D eigenvalue weighted by molar-refractivity contribution is 5.86. The van der Waals surface area contributed by atoms with Gasteiger partial charge in [-0.1, -0.05) is 13.0 Å². The van der Waals surface area contributed by atoms with Crippen molar-refractivity contribution < 1.29 is 19.7 Å². The molecule has 1 rings (SSSR count). The fourth-order valence-electron chi connectivity index (χ4n) is 1.87. The number of hydrogen-bond acceptors (Lipinski definition) is 4. The van der Waals surface area contributed by atoms with Gasteiger partial charge in [0.1, 0.15) is 5.60 Å². The lowest BCUT2D eigenvalue weighted by Gasteiger charge is -2.26. The molecule has 1 aliphatic heterocycles. The van der Waals surface area contributed by atoms with Gasteiger partial charge >= 0.3 is 5.97 Å². The summed E-state index contributed by atoms with van der Waals surface area (Å²) in [6.45, 7) is 5.09. The monoisotopic (exact) mass is 243 g/mol. The number of rotatable bonds is 6. The van der Waals surface area contributed by atoms with Gasteiger partial charge in [-0.15, -0.1) is 0 Å². The van der Waals surface area contributed by atoms with E-state index in [1.807, 2.05) is 6.92 Å². The van der Waals surface area contributed by atoms with Gasteiger partial charge in [0.2, 0.25) is 0 Å². The molecule has 98 valence electrons. The maximum atomic E-state index is 10.7. The molecule has 0 aromatic rings. The lowest BCUT2D eigenvalue weighted by molar-refractivity contribution is -0.132. The van der Waals surface area contributed by atoms with Crippen LogP contribution in [0, 0.1) is 0 Å². The topological polar surface area (TPSA) is 78.8 Å². The van der Waals surface area contributed by atoms with Crippen LogP contribution in [0.3, 0.4) is 0 Å². The minimum atomic E-state index is -0.884. The van der Waals surface area contributed by atoms with Crippen molar-refractivity contribution >= 4 is 5.97 Å². The third kappa shape index (κ3) is 3.80. The summed E-state index contributed by atoms with van der Waals surface area (Å²) in [6, 6.07) is 0. The standard InChI is InChI=1S/C12H21NO4/c1-3-10(11(14)15)4-6-13-8-12(16)5-7-17-9(12)2/h4,9,13,16H,3,5-8H2,1-2H3,(H,14,15). The Labute approximate surface area is 101 Å². The molecule has 0 amide bonds. The van der Waals surface area contributed by atoms with E-state index in [4.69, 9.17) is 9.84 Å². The number of aliphatic carboxylic acids is 1. The van der Waals surface area contributed by atoms with Gasteiger partial charge in [-0.3, -0.25) is 0 Å². The predicted molar refractivity (Wildman–Crippen MR) is 63.9 cm³/mol. The van der Waals surface area contributed by atoms with Crippen molar-refractivity contribution in [3.8, 4) is 0 Å². The van der Waals surface area contributed by atoms with Crippen LogP contribution in [0.4, 0.5) is 0 Å². The van der Waals surface area contributed by atoms with Crippen LogP contribution in [0.15, 0.2) is 11.6 Å². The summed E-state index contributed by atoms with van der Waals surface area (Å²) < 4.78 is 5.31. The highest BCUT2D eigenvalue weighted by Gasteiger charge is 2.38. The molecule has 5 nitrogen and oxygen atoms in total. The highest BCUT2D eigenvalue weighted by Crippen LogP contribution is 2.24. The van der Waals surface area contributed by atoms with E-state index in [9.17, 15) is 9.90 Å². The van der Waals surface area contributed by atoms with Crippen molar-refractivity contribution in [2.24, 2.45) is 0 Å². The first kappa shape index (κ1) is 14.2. The normalized spacial score (nSPS) is 29.6. The van der Waals surface area contributed by atoms with Gasteiger partial charge in [-0.2, -0.15) is 0 Å². The second-order valence-electron chi connectivity index (χ2n) is 4.39. The fraction of sp³-hybridized carbons (Fsp3) is 0.750. The molecule has 5 heteroatoms. The molecule has 2 unspecified atom stereocenters. The Bertz CT molecular complexity index is 303. The zero-order valence-corrected chi connectivity index (χ0v) is 10.4. The largest absolute Gasteiger partial charge is 0.478 e. The first-order chi connectivity index (χ1) is 7.99. The number of carboxylic acid groups (broad SMARTS) is 1. The third-order valence-electron chi connectivity index (χ3n) is 3.24. The van der Waals surface area contributed by atoms with Crippen LogP contribution < -0.4 is 5.32 Å². The van der Waals surface area contributed by atoms with Crippen molar-refractivity contribution in [1.82, 2.24) is 5.32 Å². The zero-order chi connectivity index (χ0) is 12.9. The molecule has 17 heavy (non-hydrogen) atoms. The summed E-state index contributed by atoms with van der Waals surface area (Å²) in [4.78, 5) is 10.7. The summed E-state index contributed by atoms with van der Waals surface area (Å²) in [5.41, 5.74) is -0.441. The minimum absolute atomic E-state index is 0.177. The number of ether oxygens (including phenoxy) is 1. The van der Waals surface area contributed by atoms with Crippen molar-refractivity contribution in [1.29, 1.82) is 0 Å².